The lowest BCUT2D eigenvalue weighted by Crippen LogP contribution is -2.38. The number of aryl methyl sites for hydroxylation is 2. The van der Waals surface area contributed by atoms with Gasteiger partial charge >= 0.3 is 17.8 Å². The van der Waals surface area contributed by atoms with Crippen molar-refractivity contribution in [1.82, 2.24) is 9.97 Å². The molecule has 0 amide bonds. The van der Waals surface area contributed by atoms with Crippen molar-refractivity contribution in [2.24, 2.45) is 5.92 Å². The van der Waals surface area contributed by atoms with E-state index in [4.69, 9.17) is 4.74 Å². The molecule has 0 bridgehead atoms. The van der Waals surface area contributed by atoms with Gasteiger partial charge in [0.25, 0.3) is 0 Å². The number of nitrogens with zero attached hydrogens (tertiary/aromatic N) is 4. The van der Waals surface area contributed by atoms with Gasteiger partial charge < -0.3 is 9.64 Å². The van der Waals surface area contributed by atoms with E-state index in [2.05, 4.69) is 9.97 Å². The molecule has 0 unspecified atom stereocenters. The Labute approximate surface area is 182 Å². The molecule has 1 fully saturated rings. The van der Waals surface area contributed by atoms with Crippen LogP contribution in [0, 0.1) is 16.0 Å². The maximum atomic E-state index is 12.7. The first-order valence-corrected chi connectivity index (χ1v) is 10.3. The lowest BCUT2D eigenvalue weighted by Gasteiger charge is -2.31. The summed E-state index contributed by atoms with van der Waals surface area (Å²) in [7, 11) is 0. The number of piperidine rings is 1. The highest BCUT2D eigenvalue weighted by Crippen LogP contribution is 2.33. The van der Waals surface area contributed by atoms with Crippen molar-refractivity contribution < 1.29 is 27.6 Å². The third kappa shape index (κ3) is 5.51. The van der Waals surface area contributed by atoms with E-state index in [1.165, 1.54) is 18.5 Å². The number of esters is 1. The molecule has 0 aliphatic carbocycles. The Morgan fingerprint density at radius 2 is 1.84 bits per heavy atom. The average molecular weight is 452 g/mol. The topological polar surface area (TPSA) is 98.5 Å². The predicted octanol–water partition coefficient (Wildman–Crippen LogP) is 3.97. The number of hydrogen-bond acceptors (Lipinski definition) is 7. The van der Waals surface area contributed by atoms with Crippen LogP contribution in [0.2, 0.25) is 0 Å². The molecule has 11 heteroatoms. The zero-order valence-electron chi connectivity index (χ0n) is 17.5. The van der Waals surface area contributed by atoms with Crippen molar-refractivity contribution in [3.8, 4) is 0 Å². The summed E-state index contributed by atoms with van der Waals surface area (Å²) in [6.45, 7) is 2.88. The standard InChI is InChI=1S/C21H23F3N4O4/c1-2-32-20(29)15-9-11-27(12-10-15)19-18(28(30)31)17(25-13-26-19)8-5-14-3-6-16(7-4-14)21(22,23)24/h3-4,6-7,13,15H,2,5,8-12H2,1H3. The molecule has 0 saturated carbocycles. The fraction of sp³-hybridized carbons (Fsp3) is 0.476. The minimum atomic E-state index is -4.42. The van der Waals surface area contributed by atoms with Crippen LogP contribution in [0.4, 0.5) is 24.7 Å². The fourth-order valence-corrected chi connectivity index (χ4v) is 3.72. The lowest BCUT2D eigenvalue weighted by molar-refractivity contribution is -0.385. The Kier molecular flexibility index (Phi) is 7.26. The number of carbonyl (C=O) groups is 1. The molecule has 3 rings (SSSR count). The van der Waals surface area contributed by atoms with Crippen LogP contribution in [0.5, 0.6) is 0 Å². The summed E-state index contributed by atoms with van der Waals surface area (Å²) in [6, 6.07) is 4.69. The number of aromatic nitrogens is 2. The van der Waals surface area contributed by atoms with E-state index in [1.54, 1.807) is 11.8 Å². The van der Waals surface area contributed by atoms with Crippen molar-refractivity contribution >= 4 is 17.5 Å². The number of rotatable bonds is 7. The summed E-state index contributed by atoms with van der Waals surface area (Å²) in [5.41, 5.74) is -0.133. The number of alkyl halides is 3. The van der Waals surface area contributed by atoms with Gasteiger partial charge in [0.15, 0.2) is 0 Å². The molecule has 1 saturated heterocycles. The lowest BCUT2D eigenvalue weighted by atomic mass is 9.97. The van der Waals surface area contributed by atoms with Gasteiger partial charge in [-0.1, -0.05) is 12.1 Å². The molecule has 0 spiro atoms. The molecule has 1 aliphatic heterocycles. The van der Waals surface area contributed by atoms with Gasteiger partial charge in [-0.2, -0.15) is 13.2 Å². The maximum absolute atomic E-state index is 12.7. The van der Waals surface area contributed by atoms with Crippen LogP contribution < -0.4 is 4.90 Å². The highest BCUT2D eigenvalue weighted by atomic mass is 19.4. The average Bonchev–Trinajstić information content (AvgIpc) is 2.77. The number of halogens is 3. The first-order chi connectivity index (χ1) is 15.2. The number of carbonyl (C=O) groups excluding carboxylic acids is 1. The van der Waals surface area contributed by atoms with Crippen LogP contribution in [0.15, 0.2) is 30.6 Å². The van der Waals surface area contributed by atoms with Crippen molar-refractivity contribution in [1.29, 1.82) is 0 Å². The van der Waals surface area contributed by atoms with Gasteiger partial charge in [0.05, 0.1) is 23.0 Å². The van der Waals surface area contributed by atoms with Gasteiger partial charge in [0.1, 0.15) is 12.0 Å². The Balaban J connectivity index is 1.73. The summed E-state index contributed by atoms with van der Waals surface area (Å²) in [5.74, 6) is -0.317. The molecule has 172 valence electrons. The summed E-state index contributed by atoms with van der Waals surface area (Å²) in [5, 5.41) is 11.8. The highest BCUT2D eigenvalue weighted by Gasteiger charge is 2.32. The largest absolute Gasteiger partial charge is 0.466 e. The smallest absolute Gasteiger partial charge is 0.416 e. The van der Waals surface area contributed by atoms with Crippen molar-refractivity contribution in [2.75, 3.05) is 24.6 Å². The summed E-state index contributed by atoms with van der Waals surface area (Å²) >= 11 is 0. The zero-order chi connectivity index (χ0) is 23.3. The number of ether oxygens (including phenoxy) is 1. The molecule has 0 radical (unpaired) electrons. The fourth-order valence-electron chi connectivity index (χ4n) is 3.72. The summed E-state index contributed by atoms with van der Waals surface area (Å²) in [6.07, 6.45) is -1.69. The first-order valence-electron chi connectivity index (χ1n) is 10.3. The van der Waals surface area contributed by atoms with Gasteiger partial charge in [-0.3, -0.25) is 14.9 Å². The maximum Gasteiger partial charge on any atom is 0.416 e. The third-order valence-corrected chi connectivity index (χ3v) is 5.41. The quantitative estimate of drug-likeness (QED) is 0.356. The molecule has 32 heavy (non-hydrogen) atoms. The molecular formula is C21H23F3N4O4. The van der Waals surface area contributed by atoms with E-state index in [1.807, 2.05) is 0 Å². The van der Waals surface area contributed by atoms with Crippen LogP contribution in [0.1, 0.15) is 36.6 Å². The van der Waals surface area contributed by atoms with E-state index < -0.39 is 16.7 Å². The van der Waals surface area contributed by atoms with E-state index >= 15 is 0 Å². The van der Waals surface area contributed by atoms with Gasteiger partial charge in [-0.05, 0) is 43.9 Å². The minimum absolute atomic E-state index is 0.177. The minimum Gasteiger partial charge on any atom is -0.466 e. The SMILES string of the molecule is CCOC(=O)C1CCN(c2ncnc(CCc3ccc(C(F)(F)F)cc3)c2[N+](=O)[O-])CC1. The number of hydrogen-bond donors (Lipinski definition) is 0. The monoisotopic (exact) mass is 452 g/mol. The Morgan fingerprint density at radius 3 is 2.41 bits per heavy atom. The number of nitro groups is 1. The third-order valence-electron chi connectivity index (χ3n) is 5.41. The van der Waals surface area contributed by atoms with Gasteiger partial charge in [0, 0.05) is 19.5 Å². The normalized spacial score (nSPS) is 14.9. The van der Waals surface area contributed by atoms with E-state index in [9.17, 15) is 28.1 Å². The molecule has 8 nitrogen and oxygen atoms in total. The van der Waals surface area contributed by atoms with E-state index in [0.717, 1.165) is 12.1 Å². The molecule has 1 aromatic carbocycles. The summed E-state index contributed by atoms with van der Waals surface area (Å²) < 4.78 is 43.2. The number of anilines is 1. The summed E-state index contributed by atoms with van der Waals surface area (Å²) in [4.78, 5) is 33.1. The van der Waals surface area contributed by atoms with Crippen molar-refractivity contribution in [2.45, 2.75) is 38.8 Å². The van der Waals surface area contributed by atoms with Crippen molar-refractivity contribution in [3.63, 3.8) is 0 Å². The zero-order valence-corrected chi connectivity index (χ0v) is 17.5. The van der Waals surface area contributed by atoms with Gasteiger partial charge in [-0.15, -0.1) is 0 Å². The van der Waals surface area contributed by atoms with Crippen molar-refractivity contribution in [3.05, 3.63) is 57.5 Å². The van der Waals surface area contributed by atoms with Crippen LogP contribution in [-0.2, 0) is 28.5 Å². The Hall–Kier alpha value is -3.24. The molecular weight excluding hydrogens is 429 g/mol. The first kappa shape index (κ1) is 23.4. The van der Waals surface area contributed by atoms with Gasteiger partial charge in [-0.25, -0.2) is 9.97 Å². The second-order valence-electron chi connectivity index (χ2n) is 7.46. The molecule has 2 aromatic rings. The Bertz CT molecular complexity index is 959. The molecule has 2 heterocycles. The van der Waals surface area contributed by atoms with Crippen LogP contribution in [-0.4, -0.2) is 40.6 Å². The van der Waals surface area contributed by atoms with E-state index in [-0.39, 0.29) is 35.5 Å². The van der Waals surface area contributed by atoms with Gasteiger partial charge in [0.2, 0.25) is 5.82 Å². The van der Waals surface area contributed by atoms with E-state index in [0.29, 0.717) is 44.5 Å². The Morgan fingerprint density at radius 1 is 1.19 bits per heavy atom. The van der Waals surface area contributed by atoms with Crippen LogP contribution in [0.25, 0.3) is 0 Å². The van der Waals surface area contributed by atoms with Crippen LogP contribution in [0.3, 0.4) is 0 Å². The second-order valence-corrected chi connectivity index (χ2v) is 7.46. The molecule has 1 aromatic heterocycles. The number of benzene rings is 1. The predicted molar refractivity (Wildman–Crippen MR) is 109 cm³/mol. The second kappa shape index (κ2) is 9.92. The molecule has 1 aliphatic rings. The molecule has 0 N–H and O–H groups in total. The highest BCUT2D eigenvalue weighted by molar-refractivity contribution is 5.73. The van der Waals surface area contributed by atoms with Crippen LogP contribution >= 0.6 is 0 Å². The molecule has 0 atom stereocenters.